The molecule has 29 heavy (non-hydrogen) atoms. The summed E-state index contributed by atoms with van der Waals surface area (Å²) in [5, 5.41) is 4.46. The van der Waals surface area contributed by atoms with Crippen LogP contribution in [0.25, 0.3) is 33.3 Å². The van der Waals surface area contributed by atoms with Gasteiger partial charge in [-0.05, 0) is 43.3 Å². The molecule has 0 atom stereocenters. The Morgan fingerprint density at radius 1 is 1.03 bits per heavy atom. The van der Waals surface area contributed by atoms with Crippen molar-refractivity contribution in [3.05, 3.63) is 54.7 Å². The van der Waals surface area contributed by atoms with Gasteiger partial charge >= 0.3 is 0 Å². The average Bonchev–Trinajstić information content (AvgIpc) is 3.18. The van der Waals surface area contributed by atoms with Gasteiger partial charge in [0.05, 0.1) is 16.6 Å². The SMILES string of the molecule is CCCN1CCNCC1.Sc1ccc2nc(-c3ccc4cccnc4c3)[nH]c2c1. The van der Waals surface area contributed by atoms with E-state index in [4.69, 9.17) is 0 Å². The third-order valence-corrected chi connectivity index (χ3v) is 5.37. The maximum Gasteiger partial charge on any atom is 0.138 e. The second kappa shape index (κ2) is 9.39. The number of thiol groups is 1. The van der Waals surface area contributed by atoms with Gasteiger partial charge in [0.15, 0.2) is 0 Å². The van der Waals surface area contributed by atoms with Gasteiger partial charge in [-0.3, -0.25) is 4.98 Å². The van der Waals surface area contributed by atoms with E-state index in [0.29, 0.717) is 0 Å². The minimum Gasteiger partial charge on any atom is -0.338 e. The number of fused-ring (bicyclic) bond motifs is 2. The summed E-state index contributed by atoms with van der Waals surface area (Å²) in [5.41, 5.74) is 3.95. The molecule has 0 amide bonds. The number of nitrogens with one attached hydrogen (secondary N) is 2. The first-order valence-corrected chi connectivity index (χ1v) is 10.6. The summed E-state index contributed by atoms with van der Waals surface area (Å²) in [7, 11) is 0. The topological polar surface area (TPSA) is 56.8 Å². The molecule has 3 heterocycles. The lowest BCUT2D eigenvalue weighted by Gasteiger charge is -2.26. The lowest BCUT2D eigenvalue weighted by Crippen LogP contribution is -2.43. The highest BCUT2D eigenvalue weighted by Crippen LogP contribution is 2.24. The molecule has 2 aromatic carbocycles. The molecular weight excluding hydrogens is 378 g/mol. The van der Waals surface area contributed by atoms with E-state index in [2.05, 4.69) is 69.0 Å². The van der Waals surface area contributed by atoms with Crippen LogP contribution in [0.1, 0.15) is 13.3 Å². The number of imidazole rings is 1. The van der Waals surface area contributed by atoms with E-state index in [1.807, 2.05) is 24.3 Å². The van der Waals surface area contributed by atoms with Crippen LogP contribution in [0.2, 0.25) is 0 Å². The number of benzene rings is 2. The van der Waals surface area contributed by atoms with E-state index < -0.39 is 0 Å². The zero-order valence-electron chi connectivity index (χ0n) is 16.7. The van der Waals surface area contributed by atoms with Crippen molar-refractivity contribution in [1.82, 2.24) is 25.2 Å². The molecule has 0 saturated carbocycles. The number of nitrogens with zero attached hydrogens (tertiary/aromatic N) is 3. The molecule has 0 unspecified atom stereocenters. The molecule has 0 spiro atoms. The van der Waals surface area contributed by atoms with Crippen LogP contribution in [-0.2, 0) is 0 Å². The fourth-order valence-electron chi connectivity index (χ4n) is 3.60. The van der Waals surface area contributed by atoms with Gasteiger partial charge in [-0.2, -0.15) is 0 Å². The van der Waals surface area contributed by atoms with Crippen molar-refractivity contribution in [2.75, 3.05) is 32.7 Å². The summed E-state index contributed by atoms with van der Waals surface area (Å²) in [5.74, 6) is 0.853. The number of hydrogen-bond donors (Lipinski definition) is 3. The van der Waals surface area contributed by atoms with Crippen LogP contribution < -0.4 is 5.32 Å². The van der Waals surface area contributed by atoms with Crippen molar-refractivity contribution in [2.45, 2.75) is 18.2 Å². The van der Waals surface area contributed by atoms with Crippen LogP contribution in [0, 0.1) is 0 Å². The van der Waals surface area contributed by atoms with E-state index in [0.717, 1.165) is 38.2 Å². The van der Waals surface area contributed by atoms with Crippen LogP contribution in [0.4, 0.5) is 0 Å². The van der Waals surface area contributed by atoms with Gasteiger partial charge in [-0.15, -0.1) is 12.6 Å². The molecule has 5 nitrogen and oxygen atoms in total. The molecule has 1 aliphatic rings. The molecule has 6 heteroatoms. The van der Waals surface area contributed by atoms with Crippen molar-refractivity contribution in [1.29, 1.82) is 0 Å². The van der Waals surface area contributed by atoms with Gasteiger partial charge in [-0.1, -0.05) is 25.1 Å². The minimum atomic E-state index is 0.853. The second-order valence-corrected chi connectivity index (χ2v) is 7.81. The fourth-order valence-corrected chi connectivity index (χ4v) is 3.80. The first kappa shape index (κ1) is 19.9. The van der Waals surface area contributed by atoms with Crippen molar-refractivity contribution >= 4 is 34.6 Å². The summed E-state index contributed by atoms with van der Waals surface area (Å²) in [4.78, 5) is 15.8. The van der Waals surface area contributed by atoms with E-state index in [1.54, 1.807) is 6.20 Å². The van der Waals surface area contributed by atoms with Crippen LogP contribution in [0.3, 0.4) is 0 Å². The zero-order chi connectivity index (χ0) is 20.1. The lowest BCUT2D eigenvalue weighted by molar-refractivity contribution is 0.241. The van der Waals surface area contributed by atoms with Crippen LogP contribution in [0.15, 0.2) is 59.6 Å². The van der Waals surface area contributed by atoms with Crippen LogP contribution >= 0.6 is 12.6 Å². The minimum absolute atomic E-state index is 0.853. The van der Waals surface area contributed by atoms with Crippen LogP contribution in [0.5, 0.6) is 0 Å². The highest BCUT2D eigenvalue weighted by atomic mass is 32.1. The van der Waals surface area contributed by atoms with Gasteiger partial charge in [-0.25, -0.2) is 4.98 Å². The number of aromatic amines is 1. The highest BCUT2D eigenvalue weighted by molar-refractivity contribution is 7.80. The van der Waals surface area contributed by atoms with E-state index in [1.165, 1.54) is 39.1 Å². The Labute approximate surface area is 177 Å². The first-order valence-electron chi connectivity index (χ1n) is 10.2. The molecule has 2 aromatic heterocycles. The predicted octanol–water partition coefficient (Wildman–Crippen LogP) is 4.37. The van der Waals surface area contributed by atoms with E-state index >= 15 is 0 Å². The monoisotopic (exact) mass is 405 g/mol. The van der Waals surface area contributed by atoms with Crippen molar-refractivity contribution in [3.63, 3.8) is 0 Å². The Balaban J connectivity index is 0.000000192. The van der Waals surface area contributed by atoms with Gasteiger partial charge < -0.3 is 15.2 Å². The summed E-state index contributed by atoms with van der Waals surface area (Å²) in [6.07, 6.45) is 3.10. The largest absolute Gasteiger partial charge is 0.338 e. The van der Waals surface area contributed by atoms with E-state index in [-0.39, 0.29) is 0 Å². The Kier molecular flexibility index (Phi) is 6.44. The van der Waals surface area contributed by atoms with Crippen molar-refractivity contribution in [3.8, 4) is 11.4 Å². The lowest BCUT2D eigenvalue weighted by atomic mass is 10.1. The Morgan fingerprint density at radius 3 is 2.72 bits per heavy atom. The van der Waals surface area contributed by atoms with Gasteiger partial charge in [0.1, 0.15) is 5.82 Å². The van der Waals surface area contributed by atoms with Crippen molar-refractivity contribution < 1.29 is 0 Å². The van der Waals surface area contributed by atoms with Crippen LogP contribution in [-0.4, -0.2) is 52.6 Å². The number of piperazine rings is 1. The molecule has 1 aliphatic heterocycles. The zero-order valence-corrected chi connectivity index (χ0v) is 17.6. The summed E-state index contributed by atoms with van der Waals surface area (Å²) in [6.45, 7) is 8.37. The van der Waals surface area contributed by atoms with E-state index in [9.17, 15) is 0 Å². The number of pyridine rings is 1. The molecule has 0 aliphatic carbocycles. The van der Waals surface area contributed by atoms with Crippen molar-refractivity contribution in [2.24, 2.45) is 0 Å². The fraction of sp³-hybridized carbons (Fsp3) is 0.304. The number of hydrogen-bond acceptors (Lipinski definition) is 5. The molecule has 4 aromatic rings. The molecule has 1 saturated heterocycles. The molecular formula is C23H27N5S. The Bertz CT molecular complexity index is 1080. The average molecular weight is 406 g/mol. The normalized spacial score (nSPS) is 14.7. The Morgan fingerprint density at radius 2 is 1.90 bits per heavy atom. The molecule has 5 rings (SSSR count). The number of rotatable bonds is 3. The third kappa shape index (κ3) is 4.96. The second-order valence-electron chi connectivity index (χ2n) is 7.29. The summed E-state index contributed by atoms with van der Waals surface area (Å²) in [6, 6.07) is 16.1. The quantitative estimate of drug-likeness (QED) is 0.443. The van der Waals surface area contributed by atoms with Gasteiger partial charge in [0, 0.05) is 48.2 Å². The predicted molar refractivity (Wildman–Crippen MR) is 124 cm³/mol. The molecule has 0 bridgehead atoms. The summed E-state index contributed by atoms with van der Waals surface area (Å²) < 4.78 is 0. The molecule has 2 N–H and O–H groups in total. The highest BCUT2D eigenvalue weighted by Gasteiger charge is 2.07. The molecule has 150 valence electrons. The maximum absolute atomic E-state index is 4.61. The molecule has 0 radical (unpaired) electrons. The number of H-pyrrole nitrogens is 1. The third-order valence-electron chi connectivity index (χ3n) is 5.09. The smallest absolute Gasteiger partial charge is 0.138 e. The maximum atomic E-state index is 4.61. The van der Waals surface area contributed by atoms with Gasteiger partial charge in [0.25, 0.3) is 0 Å². The standard InChI is InChI=1S/C16H11N3S.C7H16N2/c20-12-5-6-13-15(9-12)19-16(18-13)11-4-3-10-2-1-7-17-14(10)8-11;1-2-5-9-6-3-8-4-7-9/h1-9,20H,(H,18,19);8H,2-7H2,1H3. The number of aromatic nitrogens is 3. The molecule has 1 fully saturated rings. The van der Waals surface area contributed by atoms with Gasteiger partial charge in [0.2, 0.25) is 0 Å². The first-order chi connectivity index (χ1) is 14.2. The Hall–Kier alpha value is -2.41. The summed E-state index contributed by atoms with van der Waals surface area (Å²) >= 11 is 4.35.